The van der Waals surface area contributed by atoms with E-state index in [9.17, 15) is 4.79 Å². The van der Waals surface area contributed by atoms with Crippen LogP contribution in [0.3, 0.4) is 0 Å². The van der Waals surface area contributed by atoms with Gasteiger partial charge in [-0.2, -0.15) is 0 Å². The Kier molecular flexibility index (Phi) is 3.28. The molecular weight excluding hydrogens is 243 g/mol. The summed E-state index contributed by atoms with van der Waals surface area (Å²) in [6.07, 6.45) is 0.815. The largest absolute Gasteiger partial charge is 0.298 e. The summed E-state index contributed by atoms with van der Waals surface area (Å²) in [6, 6.07) is 12.6. The van der Waals surface area contributed by atoms with Crippen molar-refractivity contribution in [1.82, 2.24) is 0 Å². The average molecular weight is 251 g/mol. The molecular formula is C13H8Cl2O. The lowest BCUT2D eigenvalue weighted by Gasteiger charge is -2.04. The Hall–Kier alpha value is -1.31. The van der Waals surface area contributed by atoms with Crippen molar-refractivity contribution in [2.45, 2.75) is 0 Å². The first-order valence-electron chi connectivity index (χ1n) is 4.71. The normalized spacial score (nSPS) is 10.1. The van der Waals surface area contributed by atoms with Crippen molar-refractivity contribution in [3.05, 3.63) is 58.1 Å². The van der Waals surface area contributed by atoms with Gasteiger partial charge in [0.1, 0.15) is 6.29 Å². The van der Waals surface area contributed by atoms with Crippen LogP contribution in [-0.4, -0.2) is 6.29 Å². The molecule has 0 N–H and O–H groups in total. The number of halogens is 2. The molecule has 0 aliphatic carbocycles. The van der Waals surface area contributed by atoms with Gasteiger partial charge in [0.15, 0.2) is 0 Å². The Labute approximate surface area is 104 Å². The standard InChI is InChI=1S/C13H8Cl2O/c14-12-5-11(6-13(15)7-12)10-3-1-2-9(4-10)8-16/h1-8H. The molecule has 2 aromatic rings. The minimum atomic E-state index is 0.582. The topological polar surface area (TPSA) is 17.1 Å². The molecule has 0 saturated heterocycles. The Morgan fingerprint density at radius 2 is 1.56 bits per heavy atom. The average Bonchev–Trinajstić information content (AvgIpc) is 2.28. The van der Waals surface area contributed by atoms with E-state index in [1.165, 1.54) is 0 Å². The summed E-state index contributed by atoms with van der Waals surface area (Å²) in [6.45, 7) is 0. The first kappa shape index (κ1) is 11.2. The lowest BCUT2D eigenvalue weighted by molar-refractivity contribution is 0.112. The Morgan fingerprint density at radius 3 is 2.19 bits per heavy atom. The van der Waals surface area contributed by atoms with Gasteiger partial charge in [-0.05, 0) is 35.4 Å². The van der Waals surface area contributed by atoms with Gasteiger partial charge in [-0.1, -0.05) is 41.4 Å². The monoisotopic (exact) mass is 250 g/mol. The van der Waals surface area contributed by atoms with E-state index >= 15 is 0 Å². The van der Waals surface area contributed by atoms with Gasteiger partial charge in [-0.25, -0.2) is 0 Å². The van der Waals surface area contributed by atoms with E-state index in [0.717, 1.165) is 17.4 Å². The van der Waals surface area contributed by atoms with Crippen LogP contribution in [-0.2, 0) is 0 Å². The number of aldehydes is 1. The van der Waals surface area contributed by atoms with Crippen molar-refractivity contribution in [1.29, 1.82) is 0 Å². The van der Waals surface area contributed by atoms with Gasteiger partial charge >= 0.3 is 0 Å². The maximum absolute atomic E-state index is 10.7. The quantitative estimate of drug-likeness (QED) is 0.719. The maximum atomic E-state index is 10.7. The molecule has 0 radical (unpaired) electrons. The van der Waals surface area contributed by atoms with Crippen molar-refractivity contribution in [3.8, 4) is 11.1 Å². The number of rotatable bonds is 2. The zero-order valence-corrected chi connectivity index (χ0v) is 9.79. The van der Waals surface area contributed by atoms with Crippen LogP contribution in [0.4, 0.5) is 0 Å². The van der Waals surface area contributed by atoms with Gasteiger partial charge in [0.2, 0.25) is 0 Å². The van der Waals surface area contributed by atoms with Crippen LogP contribution in [0.2, 0.25) is 10.0 Å². The molecule has 2 rings (SSSR count). The predicted octanol–water partition coefficient (Wildman–Crippen LogP) is 4.47. The number of carbonyl (C=O) groups excluding carboxylic acids is 1. The van der Waals surface area contributed by atoms with Gasteiger partial charge < -0.3 is 0 Å². The van der Waals surface area contributed by atoms with Crippen LogP contribution in [0.15, 0.2) is 42.5 Å². The molecule has 80 valence electrons. The fourth-order valence-corrected chi connectivity index (χ4v) is 2.04. The highest BCUT2D eigenvalue weighted by atomic mass is 35.5. The molecule has 0 atom stereocenters. The third kappa shape index (κ3) is 2.43. The smallest absolute Gasteiger partial charge is 0.150 e. The van der Waals surface area contributed by atoms with E-state index < -0.39 is 0 Å². The second-order valence-electron chi connectivity index (χ2n) is 3.40. The van der Waals surface area contributed by atoms with Crippen LogP contribution >= 0.6 is 23.2 Å². The molecule has 0 fully saturated rings. The van der Waals surface area contributed by atoms with Gasteiger partial charge in [-0.3, -0.25) is 4.79 Å². The molecule has 0 heterocycles. The Bertz CT molecular complexity index is 515. The summed E-state index contributed by atoms with van der Waals surface area (Å²) in [5.74, 6) is 0. The summed E-state index contributed by atoms with van der Waals surface area (Å²) in [5, 5.41) is 1.16. The fourth-order valence-electron chi connectivity index (χ4n) is 1.51. The Morgan fingerprint density at radius 1 is 0.875 bits per heavy atom. The van der Waals surface area contributed by atoms with Crippen LogP contribution in [0.5, 0.6) is 0 Å². The second-order valence-corrected chi connectivity index (χ2v) is 4.27. The van der Waals surface area contributed by atoms with Crippen LogP contribution < -0.4 is 0 Å². The summed E-state index contributed by atoms with van der Waals surface area (Å²) in [4.78, 5) is 10.7. The number of hydrogen-bond acceptors (Lipinski definition) is 1. The molecule has 0 saturated carbocycles. The first-order valence-corrected chi connectivity index (χ1v) is 5.46. The Balaban J connectivity index is 2.53. The van der Waals surface area contributed by atoms with Gasteiger partial charge in [-0.15, -0.1) is 0 Å². The zero-order valence-electron chi connectivity index (χ0n) is 8.28. The minimum absolute atomic E-state index is 0.582. The molecule has 1 nitrogen and oxygen atoms in total. The van der Waals surface area contributed by atoms with E-state index in [2.05, 4.69) is 0 Å². The van der Waals surface area contributed by atoms with Crippen molar-refractivity contribution in [3.63, 3.8) is 0 Å². The molecule has 0 aromatic heterocycles. The van der Waals surface area contributed by atoms with Crippen molar-refractivity contribution < 1.29 is 4.79 Å². The minimum Gasteiger partial charge on any atom is -0.298 e. The molecule has 3 heteroatoms. The van der Waals surface area contributed by atoms with Gasteiger partial charge in [0.05, 0.1) is 0 Å². The van der Waals surface area contributed by atoms with E-state index in [-0.39, 0.29) is 0 Å². The van der Waals surface area contributed by atoms with Crippen LogP contribution in [0.1, 0.15) is 10.4 Å². The lowest BCUT2D eigenvalue weighted by Crippen LogP contribution is -1.82. The first-order chi connectivity index (χ1) is 7.69. The van der Waals surface area contributed by atoms with Crippen molar-refractivity contribution in [2.75, 3.05) is 0 Å². The van der Waals surface area contributed by atoms with E-state index in [1.54, 1.807) is 18.2 Å². The summed E-state index contributed by atoms with van der Waals surface area (Å²) < 4.78 is 0. The molecule has 0 bridgehead atoms. The second kappa shape index (κ2) is 4.69. The van der Waals surface area contributed by atoms with E-state index in [0.29, 0.717) is 15.6 Å². The summed E-state index contributed by atoms with van der Waals surface area (Å²) in [7, 11) is 0. The van der Waals surface area contributed by atoms with E-state index in [1.807, 2.05) is 24.3 Å². The highest BCUT2D eigenvalue weighted by Gasteiger charge is 2.02. The summed E-state index contributed by atoms with van der Waals surface area (Å²) in [5.41, 5.74) is 2.46. The van der Waals surface area contributed by atoms with Gasteiger partial charge in [0, 0.05) is 15.6 Å². The van der Waals surface area contributed by atoms with Crippen molar-refractivity contribution >= 4 is 29.5 Å². The van der Waals surface area contributed by atoms with Crippen LogP contribution in [0.25, 0.3) is 11.1 Å². The highest BCUT2D eigenvalue weighted by molar-refractivity contribution is 6.35. The van der Waals surface area contributed by atoms with Gasteiger partial charge in [0.25, 0.3) is 0 Å². The third-order valence-electron chi connectivity index (χ3n) is 2.22. The summed E-state index contributed by atoms with van der Waals surface area (Å²) >= 11 is 11.8. The molecule has 16 heavy (non-hydrogen) atoms. The maximum Gasteiger partial charge on any atom is 0.150 e. The SMILES string of the molecule is O=Cc1cccc(-c2cc(Cl)cc(Cl)c2)c1. The van der Waals surface area contributed by atoms with E-state index in [4.69, 9.17) is 23.2 Å². The highest BCUT2D eigenvalue weighted by Crippen LogP contribution is 2.27. The lowest BCUT2D eigenvalue weighted by atomic mass is 10.0. The molecule has 0 spiro atoms. The molecule has 0 unspecified atom stereocenters. The molecule has 0 aliphatic rings. The van der Waals surface area contributed by atoms with Crippen LogP contribution in [0, 0.1) is 0 Å². The molecule has 0 amide bonds. The number of hydrogen-bond donors (Lipinski definition) is 0. The molecule has 0 aliphatic heterocycles. The van der Waals surface area contributed by atoms with Crippen molar-refractivity contribution in [2.24, 2.45) is 0 Å². The third-order valence-corrected chi connectivity index (χ3v) is 2.66. The predicted molar refractivity (Wildman–Crippen MR) is 67.3 cm³/mol. The fraction of sp³-hybridized carbons (Fsp3) is 0. The molecule has 2 aromatic carbocycles. The zero-order chi connectivity index (χ0) is 11.5. The number of benzene rings is 2. The number of carbonyl (C=O) groups is 1.